The summed E-state index contributed by atoms with van der Waals surface area (Å²) in [6.45, 7) is 3.32. The lowest BCUT2D eigenvalue weighted by Gasteiger charge is -2.21. The third-order valence-corrected chi connectivity index (χ3v) is 5.81. The van der Waals surface area contributed by atoms with Gasteiger partial charge in [-0.2, -0.15) is 13.2 Å². The van der Waals surface area contributed by atoms with Gasteiger partial charge < -0.3 is 14.4 Å². The van der Waals surface area contributed by atoms with Gasteiger partial charge in [0.05, 0.1) is 0 Å². The Balaban J connectivity index is 2.29. The number of hydrogen-bond donors (Lipinski definition) is 1. The van der Waals surface area contributed by atoms with Crippen LogP contribution in [0.4, 0.5) is 13.2 Å². The molecule has 1 amide bonds. The maximum absolute atomic E-state index is 13.1. The maximum atomic E-state index is 13.1. The molecule has 0 atom stereocenters. The summed E-state index contributed by atoms with van der Waals surface area (Å²) in [5.74, 6) is -2.16. The topological polar surface area (TPSA) is 64.6 Å². The number of carbonyl (C=O) groups is 1. The molecular weight excluding hydrogens is 441 g/mol. The first-order valence-electron chi connectivity index (χ1n) is 7.75. The molecule has 0 aliphatic carbocycles. The van der Waals surface area contributed by atoms with Gasteiger partial charge in [-0.1, -0.05) is 23.2 Å². The minimum absolute atomic E-state index is 0.0529. The van der Waals surface area contributed by atoms with Crippen LogP contribution in [0.5, 0.6) is 11.5 Å². The lowest BCUT2D eigenvalue weighted by molar-refractivity contribution is -0.173. The summed E-state index contributed by atoms with van der Waals surface area (Å²) < 4.78 is 61.1. The van der Waals surface area contributed by atoms with Crippen LogP contribution in [0.15, 0.2) is 36.4 Å². The number of alkyl halides is 3. The summed E-state index contributed by atoms with van der Waals surface area (Å²) in [5, 5.41) is 2.36. The standard InChI is InChI=1S/C17H15Cl2F3NO4P/c1-10-7-12(3-5-14(10)18)26-28(25,9-23-16(24)17(20,21)22)27-13-4-6-15(19)11(2)8-13/h3-8H,9H2,1-2H3,(H,23,24). The molecule has 0 heterocycles. The van der Waals surface area contributed by atoms with E-state index in [1.165, 1.54) is 41.7 Å². The third kappa shape index (κ3) is 6.06. The van der Waals surface area contributed by atoms with Crippen molar-refractivity contribution in [3.05, 3.63) is 57.6 Å². The summed E-state index contributed by atoms with van der Waals surface area (Å²) in [4.78, 5) is 11.1. The second kappa shape index (κ2) is 8.64. The molecule has 0 radical (unpaired) electrons. The van der Waals surface area contributed by atoms with Gasteiger partial charge in [-0.15, -0.1) is 0 Å². The first kappa shape index (κ1) is 22.4. The zero-order valence-corrected chi connectivity index (χ0v) is 17.0. The van der Waals surface area contributed by atoms with E-state index in [0.29, 0.717) is 21.2 Å². The number of rotatable bonds is 6. The van der Waals surface area contributed by atoms with Gasteiger partial charge in [-0.3, -0.25) is 4.79 Å². The van der Waals surface area contributed by atoms with Gasteiger partial charge in [-0.05, 0) is 61.4 Å². The monoisotopic (exact) mass is 455 g/mol. The fraction of sp³-hybridized carbons (Fsp3) is 0.235. The van der Waals surface area contributed by atoms with Crippen molar-refractivity contribution in [2.45, 2.75) is 20.0 Å². The van der Waals surface area contributed by atoms with E-state index >= 15 is 0 Å². The van der Waals surface area contributed by atoms with E-state index in [-0.39, 0.29) is 11.5 Å². The molecule has 2 aromatic rings. The highest BCUT2D eigenvalue weighted by molar-refractivity contribution is 7.54. The van der Waals surface area contributed by atoms with Gasteiger partial charge in [-0.25, -0.2) is 4.57 Å². The average Bonchev–Trinajstić information content (AvgIpc) is 2.58. The molecule has 0 saturated heterocycles. The van der Waals surface area contributed by atoms with Crippen LogP contribution in [0.2, 0.25) is 10.0 Å². The SMILES string of the molecule is Cc1cc(OP(=O)(CNC(=O)C(F)(F)F)Oc2ccc(Cl)c(C)c2)ccc1Cl. The van der Waals surface area contributed by atoms with Crippen molar-refractivity contribution in [2.24, 2.45) is 0 Å². The number of halogens is 5. The Morgan fingerprint density at radius 1 is 1.00 bits per heavy atom. The van der Waals surface area contributed by atoms with Crippen molar-refractivity contribution >= 4 is 36.7 Å². The maximum Gasteiger partial charge on any atom is 0.471 e. The zero-order chi connectivity index (χ0) is 21.1. The highest BCUT2D eigenvalue weighted by Gasteiger charge is 2.41. The molecule has 2 rings (SSSR count). The summed E-state index contributed by atoms with van der Waals surface area (Å²) in [6.07, 6.45) is -6.15. The molecule has 0 fully saturated rings. The van der Waals surface area contributed by atoms with Crippen molar-refractivity contribution in [3.63, 3.8) is 0 Å². The molecule has 28 heavy (non-hydrogen) atoms. The zero-order valence-electron chi connectivity index (χ0n) is 14.6. The van der Waals surface area contributed by atoms with Crippen molar-refractivity contribution in [3.8, 4) is 11.5 Å². The van der Waals surface area contributed by atoms with E-state index in [0.717, 1.165) is 0 Å². The largest absolute Gasteiger partial charge is 0.471 e. The van der Waals surface area contributed by atoms with Crippen molar-refractivity contribution in [1.29, 1.82) is 0 Å². The molecule has 152 valence electrons. The molecular formula is C17H15Cl2F3NO4P. The van der Waals surface area contributed by atoms with Crippen molar-refractivity contribution in [2.75, 3.05) is 6.29 Å². The lowest BCUT2D eigenvalue weighted by atomic mass is 10.2. The molecule has 0 saturated carbocycles. The second-order valence-electron chi connectivity index (χ2n) is 5.78. The predicted octanol–water partition coefficient (Wildman–Crippen LogP) is 5.90. The van der Waals surface area contributed by atoms with E-state index in [1.807, 2.05) is 0 Å². The summed E-state index contributed by atoms with van der Waals surface area (Å²) >= 11 is 11.8. The average molecular weight is 456 g/mol. The van der Waals surface area contributed by atoms with Crippen LogP contribution in [-0.4, -0.2) is 18.4 Å². The Kier molecular flexibility index (Phi) is 6.91. The molecule has 0 spiro atoms. The molecule has 0 aromatic heterocycles. The molecule has 2 aromatic carbocycles. The highest BCUT2D eigenvalue weighted by Crippen LogP contribution is 2.48. The van der Waals surface area contributed by atoms with Crippen LogP contribution in [0, 0.1) is 13.8 Å². The Labute approximate surface area is 169 Å². The van der Waals surface area contributed by atoms with Crippen LogP contribution in [-0.2, 0) is 9.36 Å². The molecule has 0 aliphatic heterocycles. The molecule has 1 N–H and O–H groups in total. The van der Waals surface area contributed by atoms with E-state index < -0.39 is 26.0 Å². The molecule has 5 nitrogen and oxygen atoms in total. The highest BCUT2D eigenvalue weighted by atomic mass is 35.5. The smallest absolute Gasteiger partial charge is 0.415 e. The molecule has 11 heteroatoms. The first-order valence-corrected chi connectivity index (χ1v) is 10.2. The van der Waals surface area contributed by atoms with Crippen LogP contribution in [0.25, 0.3) is 0 Å². The van der Waals surface area contributed by atoms with Gasteiger partial charge in [0.2, 0.25) is 0 Å². The van der Waals surface area contributed by atoms with Gasteiger partial charge in [0.1, 0.15) is 17.8 Å². The summed E-state index contributed by atoms with van der Waals surface area (Å²) in [7, 11) is -4.27. The molecule has 0 bridgehead atoms. The van der Waals surface area contributed by atoms with Gasteiger partial charge in [0, 0.05) is 10.0 Å². The number of aryl methyl sites for hydroxylation is 2. The van der Waals surface area contributed by atoms with Gasteiger partial charge in [0.25, 0.3) is 0 Å². The summed E-state index contributed by atoms with van der Waals surface area (Å²) in [6, 6.07) is 8.58. The Morgan fingerprint density at radius 2 is 1.43 bits per heavy atom. The van der Waals surface area contributed by atoms with Crippen molar-refractivity contribution in [1.82, 2.24) is 5.32 Å². The predicted molar refractivity (Wildman–Crippen MR) is 100 cm³/mol. The Hall–Kier alpha value is -1.89. The van der Waals surface area contributed by atoms with E-state index in [2.05, 4.69) is 0 Å². The van der Waals surface area contributed by atoms with E-state index in [1.54, 1.807) is 13.8 Å². The fourth-order valence-electron chi connectivity index (χ4n) is 2.02. The van der Waals surface area contributed by atoms with Gasteiger partial charge >= 0.3 is 19.7 Å². The quantitative estimate of drug-likeness (QED) is 0.551. The minimum Gasteiger partial charge on any atom is -0.415 e. The Morgan fingerprint density at radius 3 is 1.79 bits per heavy atom. The minimum atomic E-state index is -5.14. The number of benzene rings is 2. The third-order valence-electron chi connectivity index (χ3n) is 3.44. The van der Waals surface area contributed by atoms with Crippen LogP contribution in [0.1, 0.15) is 11.1 Å². The number of amides is 1. The summed E-state index contributed by atoms with van der Waals surface area (Å²) in [5.41, 5.74) is 1.18. The van der Waals surface area contributed by atoms with Crippen LogP contribution < -0.4 is 14.4 Å². The fourth-order valence-corrected chi connectivity index (χ4v) is 3.63. The number of carbonyl (C=O) groups excluding carboxylic acids is 1. The number of hydrogen-bond acceptors (Lipinski definition) is 4. The molecule has 0 aliphatic rings. The van der Waals surface area contributed by atoms with Crippen LogP contribution in [0.3, 0.4) is 0 Å². The number of nitrogens with one attached hydrogen (secondary N) is 1. The van der Waals surface area contributed by atoms with Crippen molar-refractivity contribution < 1.29 is 31.6 Å². The van der Waals surface area contributed by atoms with Gasteiger partial charge in [0.15, 0.2) is 0 Å². The second-order valence-corrected chi connectivity index (χ2v) is 8.49. The van der Waals surface area contributed by atoms with E-state index in [4.69, 9.17) is 32.2 Å². The normalized spacial score (nSPS) is 11.8. The van der Waals surface area contributed by atoms with E-state index in [9.17, 15) is 22.5 Å². The van der Waals surface area contributed by atoms with Crippen LogP contribution >= 0.6 is 30.8 Å². The first-order chi connectivity index (χ1) is 12.9. The molecule has 0 unspecified atom stereocenters. The lowest BCUT2D eigenvalue weighted by Crippen LogP contribution is -2.38. The Bertz CT molecular complexity index is 880.